The molecule has 1 aromatic carbocycles. The summed E-state index contributed by atoms with van der Waals surface area (Å²) in [6.07, 6.45) is -0.617. The number of hydrazine groups is 1. The van der Waals surface area contributed by atoms with Gasteiger partial charge in [0.1, 0.15) is 17.7 Å². The van der Waals surface area contributed by atoms with Crippen molar-refractivity contribution in [2.75, 3.05) is 7.11 Å². The van der Waals surface area contributed by atoms with Crippen molar-refractivity contribution in [2.45, 2.75) is 31.5 Å². The largest absolute Gasteiger partial charge is 0.469 e. The van der Waals surface area contributed by atoms with Gasteiger partial charge in [0.15, 0.2) is 0 Å². The van der Waals surface area contributed by atoms with Gasteiger partial charge in [0.25, 0.3) is 0 Å². The number of benzene rings is 1. The molecule has 3 rings (SSSR count). The number of carbonyl (C=O) groups excluding carboxylic acids is 1. The molecule has 2 aromatic rings. The highest BCUT2D eigenvalue weighted by molar-refractivity contribution is 5.70. The zero-order valence-corrected chi connectivity index (χ0v) is 13.7. The van der Waals surface area contributed by atoms with Crippen LogP contribution in [0.2, 0.25) is 0 Å². The van der Waals surface area contributed by atoms with Crippen molar-refractivity contribution in [3.63, 3.8) is 0 Å². The highest BCUT2D eigenvalue weighted by Gasteiger charge is 2.41. The van der Waals surface area contributed by atoms with Crippen LogP contribution in [0, 0.1) is 5.92 Å². The number of rotatable bonds is 5. The van der Waals surface area contributed by atoms with E-state index >= 15 is 0 Å². The van der Waals surface area contributed by atoms with Crippen molar-refractivity contribution in [1.82, 2.24) is 10.9 Å². The second-order valence-electron chi connectivity index (χ2n) is 6.05. The number of hydrogen-bond acceptors (Lipinski definition) is 6. The summed E-state index contributed by atoms with van der Waals surface area (Å²) in [6.45, 7) is 1.96. The van der Waals surface area contributed by atoms with Gasteiger partial charge in [0.2, 0.25) is 0 Å². The number of hydrogen-bond donors (Lipinski definition) is 3. The second-order valence-corrected chi connectivity index (χ2v) is 6.05. The van der Waals surface area contributed by atoms with Crippen LogP contribution < -0.4 is 10.9 Å². The molecule has 6 heteroatoms. The summed E-state index contributed by atoms with van der Waals surface area (Å²) in [4.78, 5) is 11.9. The standard InChI is InChI=1S/C18H22N2O4/c1-11-17(18(22)20-19-11)13(10-16(21)23-2)15-9-8-14(24-15)12-6-4-3-5-7-12/h3-9,11,13,17-20,22H,10H2,1-2H3. The van der Waals surface area contributed by atoms with Gasteiger partial charge < -0.3 is 14.3 Å². The fourth-order valence-electron chi connectivity index (χ4n) is 3.25. The molecular weight excluding hydrogens is 308 g/mol. The summed E-state index contributed by atoms with van der Waals surface area (Å²) < 4.78 is 10.8. The Labute approximate surface area is 140 Å². The number of esters is 1. The van der Waals surface area contributed by atoms with Crippen molar-refractivity contribution < 1.29 is 19.1 Å². The van der Waals surface area contributed by atoms with Gasteiger partial charge in [0.05, 0.1) is 13.5 Å². The molecule has 2 heterocycles. The molecule has 1 aliphatic rings. The number of aliphatic hydroxyl groups excluding tert-OH is 1. The molecule has 0 amide bonds. The lowest BCUT2D eigenvalue weighted by Crippen LogP contribution is -2.33. The van der Waals surface area contributed by atoms with E-state index in [0.717, 1.165) is 11.3 Å². The Balaban J connectivity index is 1.91. The molecule has 0 radical (unpaired) electrons. The van der Waals surface area contributed by atoms with Crippen LogP contribution in [-0.4, -0.2) is 30.5 Å². The summed E-state index contributed by atoms with van der Waals surface area (Å²) in [7, 11) is 1.36. The van der Waals surface area contributed by atoms with Gasteiger partial charge >= 0.3 is 5.97 Å². The maximum Gasteiger partial charge on any atom is 0.306 e. The van der Waals surface area contributed by atoms with Gasteiger partial charge in [-0.1, -0.05) is 30.3 Å². The molecule has 1 fully saturated rings. The normalized spacial score (nSPS) is 24.7. The van der Waals surface area contributed by atoms with E-state index in [2.05, 4.69) is 10.9 Å². The third-order valence-corrected chi connectivity index (χ3v) is 4.53. The van der Waals surface area contributed by atoms with E-state index in [9.17, 15) is 9.90 Å². The smallest absolute Gasteiger partial charge is 0.306 e. The van der Waals surface area contributed by atoms with E-state index in [1.807, 2.05) is 49.4 Å². The van der Waals surface area contributed by atoms with E-state index in [4.69, 9.17) is 9.15 Å². The maximum absolute atomic E-state index is 11.9. The minimum Gasteiger partial charge on any atom is -0.469 e. The second kappa shape index (κ2) is 7.17. The van der Waals surface area contributed by atoms with Crippen LogP contribution in [0.25, 0.3) is 11.3 Å². The Morgan fingerprint density at radius 2 is 2.00 bits per heavy atom. The predicted molar refractivity (Wildman–Crippen MR) is 88.7 cm³/mol. The van der Waals surface area contributed by atoms with Crippen molar-refractivity contribution in [3.8, 4) is 11.3 Å². The van der Waals surface area contributed by atoms with Crippen LogP contribution in [0.1, 0.15) is 25.0 Å². The molecule has 24 heavy (non-hydrogen) atoms. The minimum absolute atomic E-state index is 0.0140. The van der Waals surface area contributed by atoms with Crippen molar-refractivity contribution in [1.29, 1.82) is 0 Å². The molecule has 0 bridgehead atoms. The Kier molecular flexibility index (Phi) is 4.99. The molecule has 4 unspecified atom stereocenters. The lowest BCUT2D eigenvalue weighted by atomic mass is 9.82. The van der Waals surface area contributed by atoms with Crippen LogP contribution in [0.15, 0.2) is 46.9 Å². The number of aliphatic hydroxyl groups is 1. The topological polar surface area (TPSA) is 83.7 Å². The number of ether oxygens (including phenoxy) is 1. The van der Waals surface area contributed by atoms with Crippen LogP contribution >= 0.6 is 0 Å². The number of methoxy groups -OCH3 is 1. The number of carbonyl (C=O) groups is 1. The van der Waals surface area contributed by atoms with Crippen LogP contribution in [0.5, 0.6) is 0 Å². The molecular formula is C18H22N2O4. The Hall–Kier alpha value is -2.15. The van der Waals surface area contributed by atoms with Gasteiger partial charge in [-0.2, -0.15) is 0 Å². The first-order valence-electron chi connectivity index (χ1n) is 8.01. The minimum atomic E-state index is -0.764. The van der Waals surface area contributed by atoms with Gasteiger partial charge in [-0.15, -0.1) is 0 Å². The summed E-state index contributed by atoms with van der Waals surface area (Å²) >= 11 is 0. The molecule has 3 N–H and O–H groups in total. The van der Waals surface area contributed by atoms with E-state index < -0.39 is 6.23 Å². The molecule has 6 nitrogen and oxygen atoms in total. The van der Waals surface area contributed by atoms with Crippen LogP contribution in [0.3, 0.4) is 0 Å². The molecule has 1 aromatic heterocycles. The molecule has 0 spiro atoms. The monoisotopic (exact) mass is 330 g/mol. The first-order valence-corrected chi connectivity index (χ1v) is 8.01. The molecule has 0 aliphatic carbocycles. The quantitative estimate of drug-likeness (QED) is 0.728. The summed E-state index contributed by atoms with van der Waals surface area (Å²) in [5.41, 5.74) is 6.79. The zero-order valence-electron chi connectivity index (χ0n) is 13.7. The maximum atomic E-state index is 11.9. The average Bonchev–Trinajstić information content (AvgIpc) is 3.21. The summed E-state index contributed by atoms with van der Waals surface area (Å²) in [6, 6.07) is 13.5. The zero-order chi connectivity index (χ0) is 17.1. The third kappa shape index (κ3) is 3.36. The van der Waals surface area contributed by atoms with E-state index in [1.165, 1.54) is 7.11 Å². The fraction of sp³-hybridized carbons (Fsp3) is 0.389. The van der Waals surface area contributed by atoms with E-state index in [1.54, 1.807) is 0 Å². The van der Waals surface area contributed by atoms with Crippen LogP contribution in [-0.2, 0) is 9.53 Å². The Bertz CT molecular complexity index is 675. The average molecular weight is 330 g/mol. The lowest BCUT2D eigenvalue weighted by molar-refractivity contribution is -0.141. The molecule has 128 valence electrons. The van der Waals surface area contributed by atoms with Crippen LogP contribution in [0.4, 0.5) is 0 Å². The van der Waals surface area contributed by atoms with Gasteiger partial charge in [-0.05, 0) is 19.1 Å². The first-order chi connectivity index (χ1) is 11.6. The SMILES string of the molecule is COC(=O)CC(c1ccc(-c2ccccc2)o1)C1C(C)NNC1O. The van der Waals surface area contributed by atoms with E-state index in [-0.39, 0.29) is 30.3 Å². The fourth-order valence-corrected chi connectivity index (χ4v) is 3.25. The van der Waals surface area contributed by atoms with Gasteiger partial charge in [-0.25, -0.2) is 5.43 Å². The molecule has 4 atom stereocenters. The first kappa shape index (κ1) is 16.7. The van der Waals surface area contributed by atoms with Gasteiger partial charge in [0, 0.05) is 23.4 Å². The number of furan rings is 1. The Morgan fingerprint density at radius 3 is 2.62 bits per heavy atom. The summed E-state index contributed by atoms with van der Waals surface area (Å²) in [5, 5.41) is 10.2. The molecule has 1 saturated heterocycles. The number of nitrogens with one attached hydrogen (secondary N) is 2. The summed E-state index contributed by atoms with van der Waals surface area (Å²) in [5.74, 6) is 0.576. The molecule has 0 saturated carbocycles. The Morgan fingerprint density at radius 1 is 1.25 bits per heavy atom. The predicted octanol–water partition coefficient (Wildman–Crippen LogP) is 2.02. The van der Waals surface area contributed by atoms with Crippen molar-refractivity contribution in [2.24, 2.45) is 5.92 Å². The lowest BCUT2D eigenvalue weighted by Gasteiger charge is -2.25. The van der Waals surface area contributed by atoms with Gasteiger partial charge in [-0.3, -0.25) is 10.2 Å². The van der Waals surface area contributed by atoms with Crippen molar-refractivity contribution in [3.05, 3.63) is 48.2 Å². The molecule has 1 aliphatic heterocycles. The highest BCUT2D eigenvalue weighted by atomic mass is 16.5. The van der Waals surface area contributed by atoms with Crippen molar-refractivity contribution >= 4 is 5.97 Å². The van der Waals surface area contributed by atoms with E-state index in [0.29, 0.717) is 5.76 Å². The highest BCUT2D eigenvalue weighted by Crippen LogP contribution is 2.37. The third-order valence-electron chi connectivity index (χ3n) is 4.53.